The highest BCUT2D eigenvalue weighted by Crippen LogP contribution is 2.15. The van der Waals surface area contributed by atoms with E-state index in [1.807, 2.05) is 20.8 Å². The van der Waals surface area contributed by atoms with Gasteiger partial charge in [0.05, 0.1) is 19.3 Å². The SMILES string of the molecule is CC(C)(C)OC(=O)N1CCO[C@H](CCCN=[N+]=[N-])C1. The first-order chi connectivity index (χ1) is 8.92. The van der Waals surface area contributed by atoms with Crippen molar-refractivity contribution in [3.63, 3.8) is 0 Å². The van der Waals surface area contributed by atoms with E-state index in [-0.39, 0.29) is 12.2 Å². The average molecular weight is 270 g/mol. The Kier molecular flexibility index (Phi) is 5.92. The van der Waals surface area contributed by atoms with Crippen LogP contribution in [0.5, 0.6) is 0 Å². The third kappa shape index (κ3) is 6.31. The minimum Gasteiger partial charge on any atom is -0.444 e. The van der Waals surface area contributed by atoms with Gasteiger partial charge in [-0.2, -0.15) is 0 Å². The van der Waals surface area contributed by atoms with Gasteiger partial charge < -0.3 is 14.4 Å². The Bertz CT molecular complexity index is 347. The van der Waals surface area contributed by atoms with E-state index >= 15 is 0 Å². The summed E-state index contributed by atoms with van der Waals surface area (Å²) in [4.78, 5) is 16.3. The Morgan fingerprint density at radius 2 is 2.32 bits per heavy atom. The normalized spacial score (nSPS) is 19.7. The zero-order chi connectivity index (χ0) is 14.3. The maximum atomic E-state index is 11.9. The Hall–Kier alpha value is -1.46. The number of hydrogen-bond donors (Lipinski definition) is 0. The quantitative estimate of drug-likeness (QED) is 0.340. The second-order valence-corrected chi connectivity index (χ2v) is 5.52. The fraction of sp³-hybridized carbons (Fsp3) is 0.917. The molecule has 0 aromatic rings. The van der Waals surface area contributed by atoms with E-state index < -0.39 is 5.60 Å². The fourth-order valence-electron chi connectivity index (χ4n) is 1.82. The summed E-state index contributed by atoms with van der Waals surface area (Å²) in [6.45, 7) is 7.62. The van der Waals surface area contributed by atoms with Crippen LogP contribution >= 0.6 is 0 Å². The summed E-state index contributed by atoms with van der Waals surface area (Å²) >= 11 is 0. The zero-order valence-electron chi connectivity index (χ0n) is 11.8. The van der Waals surface area contributed by atoms with Crippen molar-refractivity contribution < 1.29 is 14.3 Å². The van der Waals surface area contributed by atoms with Crippen LogP contribution in [0.2, 0.25) is 0 Å². The minimum atomic E-state index is -0.480. The van der Waals surface area contributed by atoms with Crippen molar-refractivity contribution in [3.8, 4) is 0 Å². The topological polar surface area (TPSA) is 87.5 Å². The molecule has 0 N–H and O–H groups in total. The molecule has 0 aromatic carbocycles. The van der Waals surface area contributed by atoms with Crippen LogP contribution in [-0.2, 0) is 9.47 Å². The molecule has 7 nitrogen and oxygen atoms in total. The van der Waals surface area contributed by atoms with Gasteiger partial charge in [0.25, 0.3) is 0 Å². The molecular formula is C12H22N4O3. The van der Waals surface area contributed by atoms with E-state index in [1.165, 1.54) is 0 Å². The largest absolute Gasteiger partial charge is 0.444 e. The molecule has 0 radical (unpaired) electrons. The lowest BCUT2D eigenvalue weighted by molar-refractivity contribution is -0.0447. The zero-order valence-corrected chi connectivity index (χ0v) is 11.8. The highest BCUT2D eigenvalue weighted by molar-refractivity contribution is 5.68. The third-order valence-corrected chi connectivity index (χ3v) is 2.64. The Morgan fingerprint density at radius 1 is 1.58 bits per heavy atom. The molecule has 1 rings (SSSR count). The highest BCUT2D eigenvalue weighted by Gasteiger charge is 2.27. The monoisotopic (exact) mass is 270 g/mol. The number of azide groups is 1. The van der Waals surface area contributed by atoms with Crippen molar-refractivity contribution in [1.82, 2.24) is 4.90 Å². The Morgan fingerprint density at radius 3 is 2.95 bits per heavy atom. The molecular weight excluding hydrogens is 248 g/mol. The van der Waals surface area contributed by atoms with E-state index in [2.05, 4.69) is 10.0 Å². The molecule has 0 aliphatic carbocycles. The van der Waals surface area contributed by atoms with Crippen molar-refractivity contribution in [2.24, 2.45) is 5.11 Å². The summed E-state index contributed by atoms with van der Waals surface area (Å²) in [6, 6.07) is 0. The van der Waals surface area contributed by atoms with Gasteiger partial charge in [-0.3, -0.25) is 0 Å². The summed E-state index contributed by atoms with van der Waals surface area (Å²) < 4.78 is 10.9. The molecule has 1 heterocycles. The van der Waals surface area contributed by atoms with Crippen LogP contribution in [-0.4, -0.2) is 48.9 Å². The van der Waals surface area contributed by atoms with Crippen LogP contribution in [0.25, 0.3) is 10.4 Å². The van der Waals surface area contributed by atoms with Gasteiger partial charge >= 0.3 is 6.09 Å². The van der Waals surface area contributed by atoms with Gasteiger partial charge in [0, 0.05) is 18.0 Å². The van der Waals surface area contributed by atoms with Gasteiger partial charge in [0.2, 0.25) is 0 Å². The van der Waals surface area contributed by atoms with Crippen LogP contribution in [0.3, 0.4) is 0 Å². The van der Waals surface area contributed by atoms with Gasteiger partial charge in [-0.05, 0) is 39.1 Å². The summed E-state index contributed by atoms with van der Waals surface area (Å²) in [6.07, 6.45) is 1.24. The number of morpholine rings is 1. The number of nitrogens with zero attached hydrogens (tertiary/aromatic N) is 4. The van der Waals surface area contributed by atoms with Gasteiger partial charge in [-0.1, -0.05) is 5.11 Å². The number of amides is 1. The Labute approximate surface area is 113 Å². The third-order valence-electron chi connectivity index (χ3n) is 2.64. The predicted octanol–water partition coefficient (Wildman–Crippen LogP) is 2.71. The van der Waals surface area contributed by atoms with Gasteiger partial charge in [-0.15, -0.1) is 0 Å². The molecule has 0 spiro atoms. The van der Waals surface area contributed by atoms with Crippen molar-refractivity contribution in [2.45, 2.75) is 45.3 Å². The average Bonchev–Trinajstić information content (AvgIpc) is 2.33. The lowest BCUT2D eigenvalue weighted by atomic mass is 10.1. The van der Waals surface area contributed by atoms with Crippen molar-refractivity contribution in [1.29, 1.82) is 0 Å². The first-order valence-corrected chi connectivity index (χ1v) is 6.53. The second kappa shape index (κ2) is 7.21. The van der Waals surface area contributed by atoms with Crippen LogP contribution in [0.15, 0.2) is 5.11 Å². The maximum absolute atomic E-state index is 11.9. The van der Waals surface area contributed by atoms with E-state index in [0.29, 0.717) is 26.2 Å². The van der Waals surface area contributed by atoms with Crippen LogP contribution in [0.1, 0.15) is 33.6 Å². The maximum Gasteiger partial charge on any atom is 0.410 e. The molecule has 1 aliphatic heterocycles. The molecule has 1 fully saturated rings. The molecule has 1 atom stereocenters. The van der Waals surface area contributed by atoms with Crippen molar-refractivity contribution >= 4 is 6.09 Å². The minimum absolute atomic E-state index is 0.00448. The van der Waals surface area contributed by atoms with E-state index in [4.69, 9.17) is 15.0 Å². The second-order valence-electron chi connectivity index (χ2n) is 5.52. The van der Waals surface area contributed by atoms with Gasteiger partial charge in [0.1, 0.15) is 5.60 Å². The molecule has 0 bridgehead atoms. The van der Waals surface area contributed by atoms with Crippen molar-refractivity contribution in [2.75, 3.05) is 26.2 Å². The summed E-state index contributed by atoms with van der Waals surface area (Å²) in [7, 11) is 0. The summed E-state index contributed by atoms with van der Waals surface area (Å²) in [5.74, 6) is 0. The lowest BCUT2D eigenvalue weighted by Gasteiger charge is -2.34. The standard InChI is InChI=1S/C12H22N4O3/c1-12(2,3)19-11(17)16-7-8-18-10(9-16)5-4-6-14-15-13/h10H,4-9H2,1-3H3/t10-/m1/s1. The first-order valence-electron chi connectivity index (χ1n) is 6.53. The Balaban J connectivity index is 2.37. The number of ether oxygens (including phenoxy) is 2. The summed E-state index contributed by atoms with van der Waals surface area (Å²) in [5.41, 5.74) is 7.70. The first kappa shape index (κ1) is 15.6. The van der Waals surface area contributed by atoms with E-state index in [1.54, 1.807) is 4.90 Å². The molecule has 19 heavy (non-hydrogen) atoms. The van der Waals surface area contributed by atoms with Crippen LogP contribution < -0.4 is 0 Å². The number of carbonyl (C=O) groups is 1. The smallest absolute Gasteiger partial charge is 0.410 e. The van der Waals surface area contributed by atoms with E-state index in [9.17, 15) is 4.79 Å². The number of carbonyl (C=O) groups excluding carboxylic acids is 1. The molecule has 108 valence electrons. The van der Waals surface area contributed by atoms with Crippen LogP contribution in [0, 0.1) is 0 Å². The molecule has 1 saturated heterocycles. The molecule has 1 aliphatic rings. The molecule has 0 unspecified atom stereocenters. The van der Waals surface area contributed by atoms with Gasteiger partial charge in [-0.25, -0.2) is 4.79 Å². The molecule has 1 amide bonds. The molecule has 7 heteroatoms. The molecule has 0 saturated carbocycles. The van der Waals surface area contributed by atoms with Crippen LogP contribution in [0.4, 0.5) is 4.79 Å². The highest BCUT2D eigenvalue weighted by atomic mass is 16.6. The molecule has 0 aromatic heterocycles. The predicted molar refractivity (Wildman–Crippen MR) is 70.8 cm³/mol. The lowest BCUT2D eigenvalue weighted by Crippen LogP contribution is -2.47. The van der Waals surface area contributed by atoms with Crippen molar-refractivity contribution in [3.05, 3.63) is 10.4 Å². The van der Waals surface area contributed by atoms with Gasteiger partial charge in [0.15, 0.2) is 0 Å². The number of hydrogen-bond acceptors (Lipinski definition) is 4. The fourth-order valence-corrected chi connectivity index (χ4v) is 1.82. The van der Waals surface area contributed by atoms with E-state index in [0.717, 1.165) is 12.8 Å². The summed E-state index contributed by atoms with van der Waals surface area (Å²) in [5, 5.41) is 3.48. The number of rotatable bonds is 4.